The van der Waals surface area contributed by atoms with E-state index in [2.05, 4.69) is 17.0 Å². The first kappa shape index (κ1) is 19.2. The lowest BCUT2D eigenvalue weighted by Gasteiger charge is -2.45. The molecule has 0 aromatic heterocycles. The summed E-state index contributed by atoms with van der Waals surface area (Å²) in [5.74, 6) is -0.685. The molecular formula is C23H27NO4S. The Labute approximate surface area is 172 Å². The largest absolute Gasteiger partial charge is 0.346 e. The molecule has 0 aliphatic carbocycles. The van der Waals surface area contributed by atoms with E-state index in [0.29, 0.717) is 31.1 Å². The van der Waals surface area contributed by atoms with Crippen LogP contribution in [0.2, 0.25) is 0 Å². The van der Waals surface area contributed by atoms with Gasteiger partial charge in [0.2, 0.25) is 0 Å². The fourth-order valence-electron chi connectivity index (χ4n) is 5.57. The van der Waals surface area contributed by atoms with Crippen molar-refractivity contribution in [3.8, 4) is 0 Å². The minimum absolute atomic E-state index is 0.0728. The lowest BCUT2D eigenvalue weighted by Crippen LogP contribution is -2.57. The number of nitrogens with zero attached hydrogens (tertiary/aromatic N) is 1. The molecule has 0 saturated carbocycles. The van der Waals surface area contributed by atoms with Crippen molar-refractivity contribution in [3.05, 3.63) is 66.2 Å². The second-order valence-electron chi connectivity index (χ2n) is 8.57. The van der Waals surface area contributed by atoms with E-state index in [1.165, 1.54) is 5.56 Å². The Hall–Kier alpha value is -1.73. The van der Waals surface area contributed by atoms with Crippen molar-refractivity contribution >= 4 is 9.84 Å². The smallest absolute Gasteiger partial charge is 0.185 e. The quantitative estimate of drug-likeness (QED) is 0.769. The van der Waals surface area contributed by atoms with Gasteiger partial charge < -0.3 is 9.47 Å². The molecule has 5 nitrogen and oxygen atoms in total. The number of sulfone groups is 1. The van der Waals surface area contributed by atoms with Crippen LogP contribution in [-0.2, 0) is 25.9 Å². The van der Waals surface area contributed by atoms with Gasteiger partial charge in [0.05, 0.1) is 28.9 Å². The SMILES string of the molecule is C[C@@]1(S(=O)(=O)c2ccccc2)C[C@H]2N(Cc3ccccc3)[C@@H]1CCC21OCCO1. The zero-order valence-electron chi connectivity index (χ0n) is 16.7. The lowest BCUT2D eigenvalue weighted by molar-refractivity contribution is -0.220. The maximum Gasteiger partial charge on any atom is 0.185 e. The maximum absolute atomic E-state index is 13.8. The highest BCUT2D eigenvalue weighted by Crippen LogP contribution is 2.54. The van der Waals surface area contributed by atoms with Crippen molar-refractivity contribution in [2.45, 2.75) is 60.2 Å². The third-order valence-corrected chi connectivity index (χ3v) is 9.59. The van der Waals surface area contributed by atoms with Crippen LogP contribution >= 0.6 is 0 Å². The molecule has 0 N–H and O–H groups in total. The number of fused-ring (bicyclic) bond motifs is 3. The summed E-state index contributed by atoms with van der Waals surface area (Å²) >= 11 is 0. The highest BCUT2D eigenvalue weighted by Gasteiger charge is 2.66. The van der Waals surface area contributed by atoms with Crippen molar-refractivity contribution < 1.29 is 17.9 Å². The van der Waals surface area contributed by atoms with Gasteiger partial charge in [0.25, 0.3) is 0 Å². The van der Waals surface area contributed by atoms with Gasteiger partial charge in [0.15, 0.2) is 15.6 Å². The number of hydrogen-bond donors (Lipinski definition) is 0. The lowest BCUT2D eigenvalue weighted by atomic mass is 9.94. The molecule has 3 atom stereocenters. The van der Waals surface area contributed by atoms with Crippen LogP contribution in [0.5, 0.6) is 0 Å². The monoisotopic (exact) mass is 413 g/mol. The van der Waals surface area contributed by atoms with E-state index >= 15 is 0 Å². The van der Waals surface area contributed by atoms with Crippen LogP contribution < -0.4 is 0 Å². The molecule has 3 saturated heterocycles. The molecule has 0 amide bonds. The minimum Gasteiger partial charge on any atom is -0.346 e. The normalized spacial score (nSPS) is 31.3. The molecule has 0 radical (unpaired) electrons. The number of ether oxygens (including phenoxy) is 2. The predicted molar refractivity (Wildman–Crippen MR) is 110 cm³/mol. The van der Waals surface area contributed by atoms with Gasteiger partial charge in [0, 0.05) is 19.0 Å². The number of hydrogen-bond acceptors (Lipinski definition) is 5. The fourth-order valence-corrected chi connectivity index (χ4v) is 7.61. The van der Waals surface area contributed by atoms with E-state index in [-0.39, 0.29) is 12.1 Å². The topological polar surface area (TPSA) is 55.8 Å². The first-order valence-electron chi connectivity index (χ1n) is 10.3. The van der Waals surface area contributed by atoms with Crippen molar-refractivity contribution in [1.82, 2.24) is 4.90 Å². The summed E-state index contributed by atoms with van der Waals surface area (Å²) in [5.41, 5.74) is 1.18. The molecule has 1 spiro atoms. The summed E-state index contributed by atoms with van der Waals surface area (Å²) in [6.07, 6.45) is 2.00. The van der Waals surface area contributed by atoms with E-state index in [1.807, 2.05) is 31.2 Å². The molecule has 0 unspecified atom stereocenters. The zero-order valence-corrected chi connectivity index (χ0v) is 17.5. The van der Waals surface area contributed by atoms with Crippen LogP contribution in [0.3, 0.4) is 0 Å². The highest BCUT2D eigenvalue weighted by molar-refractivity contribution is 7.93. The third kappa shape index (κ3) is 2.88. The molecule has 3 aliphatic rings. The van der Waals surface area contributed by atoms with Gasteiger partial charge in [-0.2, -0.15) is 0 Å². The Morgan fingerprint density at radius 1 is 0.966 bits per heavy atom. The second-order valence-corrected chi connectivity index (χ2v) is 11.0. The minimum atomic E-state index is -3.52. The zero-order chi connectivity index (χ0) is 20.1. The molecular weight excluding hydrogens is 386 g/mol. The predicted octanol–water partition coefficient (Wildman–Crippen LogP) is 3.40. The van der Waals surface area contributed by atoms with Crippen LogP contribution in [0.25, 0.3) is 0 Å². The van der Waals surface area contributed by atoms with E-state index in [4.69, 9.17) is 9.47 Å². The van der Waals surface area contributed by atoms with Crippen molar-refractivity contribution in [2.75, 3.05) is 13.2 Å². The average molecular weight is 414 g/mol. The van der Waals surface area contributed by atoms with E-state index in [0.717, 1.165) is 12.8 Å². The van der Waals surface area contributed by atoms with Gasteiger partial charge in [-0.1, -0.05) is 48.5 Å². The Morgan fingerprint density at radius 3 is 2.24 bits per heavy atom. The summed E-state index contributed by atoms with van der Waals surface area (Å²) in [5, 5.41) is 0. The Balaban J connectivity index is 1.57. The number of piperidine rings is 1. The molecule has 2 bridgehead atoms. The van der Waals surface area contributed by atoms with E-state index < -0.39 is 20.4 Å². The molecule has 3 heterocycles. The molecule has 2 aromatic carbocycles. The third-order valence-electron chi connectivity index (χ3n) is 7.03. The van der Waals surface area contributed by atoms with E-state index in [9.17, 15) is 8.42 Å². The molecule has 3 aliphatic heterocycles. The Morgan fingerprint density at radius 2 is 1.59 bits per heavy atom. The summed E-state index contributed by atoms with van der Waals surface area (Å²) in [6, 6.07) is 19.0. The Kier molecular flexibility index (Phi) is 4.59. The molecule has 5 rings (SSSR count). The van der Waals surface area contributed by atoms with Gasteiger partial charge in [-0.15, -0.1) is 0 Å². The van der Waals surface area contributed by atoms with Crippen LogP contribution in [0.4, 0.5) is 0 Å². The van der Waals surface area contributed by atoms with Gasteiger partial charge >= 0.3 is 0 Å². The standard InChI is InChI=1S/C23H27NO4S/c1-22(29(25,26)19-10-6-3-7-11-19)16-21-23(27-14-15-28-23)13-12-20(22)24(21)17-18-8-4-2-5-9-18/h2-11,20-21H,12-17H2,1H3/t20-,21-,22-/m1/s1. The molecule has 6 heteroatoms. The van der Waals surface area contributed by atoms with Crippen LogP contribution in [-0.4, -0.2) is 49.1 Å². The van der Waals surface area contributed by atoms with Gasteiger partial charge in [-0.25, -0.2) is 8.42 Å². The van der Waals surface area contributed by atoms with Gasteiger partial charge in [0.1, 0.15) is 0 Å². The molecule has 29 heavy (non-hydrogen) atoms. The summed E-state index contributed by atoms with van der Waals surface area (Å²) in [4.78, 5) is 2.74. The molecule has 2 aromatic rings. The van der Waals surface area contributed by atoms with Crippen LogP contribution in [0, 0.1) is 0 Å². The highest BCUT2D eigenvalue weighted by atomic mass is 32.2. The first-order chi connectivity index (χ1) is 14.0. The molecule has 154 valence electrons. The first-order valence-corrected chi connectivity index (χ1v) is 11.8. The van der Waals surface area contributed by atoms with Crippen molar-refractivity contribution in [3.63, 3.8) is 0 Å². The fraction of sp³-hybridized carbons (Fsp3) is 0.478. The van der Waals surface area contributed by atoms with Crippen molar-refractivity contribution in [1.29, 1.82) is 0 Å². The molecule has 3 fully saturated rings. The second kappa shape index (κ2) is 6.91. The summed E-state index contributed by atoms with van der Waals surface area (Å²) in [7, 11) is -3.52. The number of rotatable bonds is 4. The summed E-state index contributed by atoms with van der Waals surface area (Å²) in [6.45, 7) is 3.77. The maximum atomic E-state index is 13.8. The Bertz CT molecular complexity index is 972. The summed E-state index contributed by atoms with van der Waals surface area (Å²) < 4.78 is 39.0. The van der Waals surface area contributed by atoms with Gasteiger partial charge in [-0.05, 0) is 37.5 Å². The number of benzene rings is 2. The van der Waals surface area contributed by atoms with Gasteiger partial charge in [-0.3, -0.25) is 4.90 Å². The van der Waals surface area contributed by atoms with Crippen LogP contribution in [0.15, 0.2) is 65.6 Å². The van der Waals surface area contributed by atoms with Crippen molar-refractivity contribution in [2.24, 2.45) is 0 Å². The average Bonchev–Trinajstić information content (AvgIpc) is 3.28. The van der Waals surface area contributed by atoms with Crippen LogP contribution in [0.1, 0.15) is 31.7 Å². The van der Waals surface area contributed by atoms with E-state index in [1.54, 1.807) is 24.3 Å².